The van der Waals surface area contributed by atoms with Crippen molar-refractivity contribution in [2.45, 2.75) is 32.9 Å². The minimum Gasteiger partial charge on any atom is -0.393 e. The molecule has 1 aliphatic rings. The van der Waals surface area contributed by atoms with Crippen molar-refractivity contribution in [3.8, 4) is 0 Å². The standard InChI is InChI=1S/C11H20N4O/c1-8-6-15(5-4-10(8)16)7-11-13-12-9(2)14(11)3/h8,10,16H,4-7H2,1-3H3. The second-order valence-electron chi connectivity index (χ2n) is 4.79. The molecular weight excluding hydrogens is 204 g/mol. The molecule has 5 nitrogen and oxygen atoms in total. The van der Waals surface area contributed by atoms with Gasteiger partial charge in [-0.25, -0.2) is 0 Å². The number of nitrogens with zero attached hydrogens (tertiary/aromatic N) is 4. The molecule has 2 atom stereocenters. The maximum absolute atomic E-state index is 9.66. The second kappa shape index (κ2) is 4.51. The van der Waals surface area contributed by atoms with Crippen LogP contribution in [0, 0.1) is 12.8 Å². The monoisotopic (exact) mass is 224 g/mol. The lowest BCUT2D eigenvalue weighted by molar-refractivity contribution is 0.0307. The Kier molecular flexibility index (Phi) is 3.25. The zero-order valence-corrected chi connectivity index (χ0v) is 10.2. The molecular formula is C11H20N4O. The maximum atomic E-state index is 9.66. The topological polar surface area (TPSA) is 54.2 Å². The molecule has 0 amide bonds. The summed E-state index contributed by atoms with van der Waals surface area (Å²) in [5.41, 5.74) is 0. The van der Waals surface area contributed by atoms with Crippen LogP contribution in [0.4, 0.5) is 0 Å². The molecule has 1 N–H and O–H groups in total. The van der Waals surface area contributed by atoms with Crippen molar-refractivity contribution in [1.82, 2.24) is 19.7 Å². The molecule has 90 valence electrons. The molecule has 1 aromatic heterocycles. The van der Waals surface area contributed by atoms with Gasteiger partial charge in [-0.2, -0.15) is 0 Å². The highest BCUT2D eigenvalue weighted by molar-refractivity contribution is 4.93. The van der Waals surface area contributed by atoms with Gasteiger partial charge in [0.05, 0.1) is 12.6 Å². The smallest absolute Gasteiger partial charge is 0.146 e. The van der Waals surface area contributed by atoms with E-state index in [0.29, 0.717) is 5.92 Å². The Balaban J connectivity index is 1.98. The first-order chi connectivity index (χ1) is 7.58. The van der Waals surface area contributed by atoms with Gasteiger partial charge in [0, 0.05) is 20.1 Å². The molecule has 2 rings (SSSR count). The largest absolute Gasteiger partial charge is 0.393 e. The van der Waals surface area contributed by atoms with Crippen LogP contribution in [0.3, 0.4) is 0 Å². The summed E-state index contributed by atoms with van der Waals surface area (Å²) in [4.78, 5) is 2.33. The van der Waals surface area contributed by atoms with E-state index in [-0.39, 0.29) is 6.10 Å². The van der Waals surface area contributed by atoms with Gasteiger partial charge in [-0.1, -0.05) is 6.92 Å². The zero-order chi connectivity index (χ0) is 11.7. The second-order valence-corrected chi connectivity index (χ2v) is 4.79. The summed E-state index contributed by atoms with van der Waals surface area (Å²) in [6.45, 7) is 6.76. The first-order valence-corrected chi connectivity index (χ1v) is 5.83. The van der Waals surface area contributed by atoms with Gasteiger partial charge in [0.15, 0.2) is 0 Å². The van der Waals surface area contributed by atoms with Gasteiger partial charge in [-0.3, -0.25) is 4.90 Å². The normalized spacial score (nSPS) is 27.2. The number of likely N-dealkylation sites (tertiary alicyclic amines) is 1. The van der Waals surface area contributed by atoms with Crippen molar-refractivity contribution in [2.24, 2.45) is 13.0 Å². The molecule has 2 unspecified atom stereocenters. The predicted molar refractivity (Wildman–Crippen MR) is 60.8 cm³/mol. The Morgan fingerprint density at radius 1 is 1.44 bits per heavy atom. The molecule has 0 bridgehead atoms. The Labute approximate surface area is 96.1 Å². The highest BCUT2D eigenvalue weighted by Gasteiger charge is 2.24. The molecule has 2 heterocycles. The number of aryl methyl sites for hydroxylation is 1. The average Bonchev–Trinajstić information content (AvgIpc) is 2.55. The number of rotatable bonds is 2. The van der Waals surface area contributed by atoms with Crippen LogP contribution in [0.2, 0.25) is 0 Å². The summed E-state index contributed by atoms with van der Waals surface area (Å²) in [5.74, 6) is 2.30. The minimum absolute atomic E-state index is 0.141. The molecule has 1 aromatic rings. The van der Waals surface area contributed by atoms with Gasteiger partial charge >= 0.3 is 0 Å². The van der Waals surface area contributed by atoms with E-state index in [1.165, 1.54) is 0 Å². The van der Waals surface area contributed by atoms with E-state index in [0.717, 1.165) is 37.7 Å². The molecule has 5 heteroatoms. The van der Waals surface area contributed by atoms with Crippen LogP contribution in [0.1, 0.15) is 25.0 Å². The van der Waals surface area contributed by atoms with Crippen LogP contribution in [-0.2, 0) is 13.6 Å². The molecule has 0 aromatic carbocycles. The van der Waals surface area contributed by atoms with E-state index in [2.05, 4.69) is 22.0 Å². The van der Waals surface area contributed by atoms with E-state index in [1.807, 2.05) is 18.5 Å². The van der Waals surface area contributed by atoms with E-state index in [1.54, 1.807) is 0 Å². The summed E-state index contributed by atoms with van der Waals surface area (Å²) in [5, 5.41) is 17.9. The van der Waals surface area contributed by atoms with E-state index < -0.39 is 0 Å². The molecule has 0 aliphatic carbocycles. The highest BCUT2D eigenvalue weighted by atomic mass is 16.3. The Morgan fingerprint density at radius 3 is 2.75 bits per heavy atom. The molecule has 0 saturated carbocycles. The summed E-state index contributed by atoms with van der Waals surface area (Å²) in [6.07, 6.45) is 0.718. The summed E-state index contributed by atoms with van der Waals surface area (Å²) in [7, 11) is 1.99. The van der Waals surface area contributed by atoms with Crippen molar-refractivity contribution in [3.05, 3.63) is 11.6 Å². The van der Waals surface area contributed by atoms with Gasteiger partial charge in [0.2, 0.25) is 0 Å². The SMILES string of the molecule is Cc1nnc(CN2CCC(O)C(C)C2)n1C. The van der Waals surface area contributed by atoms with Crippen LogP contribution in [0.5, 0.6) is 0 Å². The maximum Gasteiger partial charge on any atom is 0.146 e. The Hall–Kier alpha value is -0.940. The van der Waals surface area contributed by atoms with Crippen molar-refractivity contribution < 1.29 is 5.11 Å². The Bertz CT molecular complexity index is 363. The number of aliphatic hydroxyl groups is 1. The third-order valence-corrected chi connectivity index (χ3v) is 3.49. The van der Waals surface area contributed by atoms with Crippen molar-refractivity contribution in [1.29, 1.82) is 0 Å². The fourth-order valence-corrected chi connectivity index (χ4v) is 2.15. The molecule has 0 spiro atoms. The highest BCUT2D eigenvalue weighted by Crippen LogP contribution is 2.18. The average molecular weight is 224 g/mol. The van der Waals surface area contributed by atoms with Gasteiger partial charge in [0.25, 0.3) is 0 Å². The number of aromatic nitrogens is 3. The van der Waals surface area contributed by atoms with Gasteiger partial charge < -0.3 is 9.67 Å². The third-order valence-electron chi connectivity index (χ3n) is 3.49. The molecule has 16 heavy (non-hydrogen) atoms. The first-order valence-electron chi connectivity index (χ1n) is 5.83. The first kappa shape index (κ1) is 11.5. The summed E-state index contributed by atoms with van der Waals surface area (Å²) in [6, 6.07) is 0. The van der Waals surface area contributed by atoms with Gasteiger partial charge in [-0.15, -0.1) is 10.2 Å². The number of aliphatic hydroxyl groups excluding tert-OH is 1. The van der Waals surface area contributed by atoms with Crippen LogP contribution in [0.15, 0.2) is 0 Å². The molecule has 0 radical (unpaired) electrons. The van der Waals surface area contributed by atoms with Crippen molar-refractivity contribution in [2.75, 3.05) is 13.1 Å². The predicted octanol–water partition coefficient (Wildman–Crippen LogP) is 0.326. The fourth-order valence-electron chi connectivity index (χ4n) is 2.15. The van der Waals surface area contributed by atoms with Crippen LogP contribution >= 0.6 is 0 Å². The fraction of sp³-hybridized carbons (Fsp3) is 0.818. The number of hydrogen-bond acceptors (Lipinski definition) is 4. The summed E-state index contributed by atoms with van der Waals surface area (Å²) >= 11 is 0. The van der Waals surface area contributed by atoms with Crippen LogP contribution in [0.25, 0.3) is 0 Å². The molecule has 1 aliphatic heterocycles. The zero-order valence-electron chi connectivity index (χ0n) is 10.2. The lowest BCUT2D eigenvalue weighted by Gasteiger charge is -2.33. The lowest BCUT2D eigenvalue weighted by Crippen LogP contribution is -2.41. The molecule has 1 fully saturated rings. The summed E-state index contributed by atoms with van der Waals surface area (Å²) < 4.78 is 2.02. The number of hydrogen-bond donors (Lipinski definition) is 1. The van der Waals surface area contributed by atoms with Crippen LogP contribution in [-0.4, -0.2) is 44.0 Å². The molecule has 1 saturated heterocycles. The van der Waals surface area contributed by atoms with Gasteiger partial charge in [-0.05, 0) is 19.3 Å². The Morgan fingerprint density at radius 2 is 2.19 bits per heavy atom. The minimum atomic E-state index is -0.141. The third kappa shape index (κ3) is 2.25. The quantitative estimate of drug-likeness (QED) is 0.786. The lowest BCUT2D eigenvalue weighted by atomic mass is 9.97. The van der Waals surface area contributed by atoms with Crippen molar-refractivity contribution >= 4 is 0 Å². The van der Waals surface area contributed by atoms with E-state index >= 15 is 0 Å². The van der Waals surface area contributed by atoms with Crippen molar-refractivity contribution in [3.63, 3.8) is 0 Å². The van der Waals surface area contributed by atoms with Crippen LogP contribution < -0.4 is 0 Å². The number of piperidine rings is 1. The van der Waals surface area contributed by atoms with E-state index in [9.17, 15) is 5.11 Å². The van der Waals surface area contributed by atoms with E-state index in [4.69, 9.17) is 0 Å². The van der Waals surface area contributed by atoms with Gasteiger partial charge in [0.1, 0.15) is 11.6 Å².